The van der Waals surface area contributed by atoms with Gasteiger partial charge in [0.1, 0.15) is 0 Å². The second-order valence-corrected chi connectivity index (χ2v) is 16.9. The summed E-state index contributed by atoms with van der Waals surface area (Å²) in [6.45, 7) is 9.26. The molecule has 0 aromatic heterocycles. The maximum atomic E-state index is 2.53. The van der Waals surface area contributed by atoms with Gasteiger partial charge in [0.15, 0.2) is 0 Å². The molecule has 10 rings (SSSR count). The van der Waals surface area contributed by atoms with Gasteiger partial charge < -0.3 is 9.80 Å². The largest absolute Gasteiger partial charge is 0.309 e. The summed E-state index contributed by atoms with van der Waals surface area (Å²) in [4.78, 5) is 5.05. The molecule has 0 aliphatic heterocycles. The highest BCUT2D eigenvalue weighted by Gasteiger charge is 2.25. The minimum absolute atomic E-state index is 0.459. The zero-order valence-electron chi connectivity index (χ0n) is 36.4. The van der Waals surface area contributed by atoms with Crippen LogP contribution < -0.4 is 9.80 Å². The highest BCUT2D eigenvalue weighted by molar-refractivity contribution is 6.18. The van der Waals surface area contributed by atoms with Gasteiger partial charge in [0, 0.05) is 32.9 Å². The molecule has 2 heteroatoms. The van der Waals surface area contributed by atoms with Crippen LogP contribution in [0.25, 0.3) is 53.9 Å². The van der Waals surface area contributed by atoms with Crippen molar-refractivity contribution >= 4 is 88.0 Å². The van der Waals surface area contributed by atoms with Crippen LogP contribution in [-0.4, -0.2) is 0 Å². The van der Waals surface area contributed by atoms with Crippen molar-refractivity contribution in [1.29, 1.82) is 0 Å². The van der Waals surface area contributed by atoms with E-state index in [0.29, 0.717) is 11.8 Å². The SMILES string of the molecule is CCC(CC)c1ccc(N(c2ccc(N(c3ccccc3)c3cc4ccccc4c4ccccc34)c3cc(C(CC)CC)ccc23)c2cc3ccccc3c3ccccc23)cc1. The van der Waals surface area contributed by atoms with Crippen molar-refractivity contribution < 1.29 is 0 Å². The van der Waals surface area contributed by atoms with Gasteiger partial charge in [-0.15, -0.1) is 0 Å². The van der Waals surface area contributed by atoms with Crippen LogP contribution in [0.5, 0.6) is 0 Å². The second-order valence-electron chi connectivity index (χ2n) is 16.9. The fraction of sp³-hybridized carbons (Fsp3) is 0.167. The predicted molar refractivity (Wildman–Crippen MR) is 270 cm³/mol. The molecule has 0 aliphatic carbocycles. The normalized spacial score (nSPS) is 11.8. The standard InChI is InChI=1S/C60H54N2/c1-5-41(6-2)43-30-33-48(34-31-43)62(60-40-46-21-13-15-25-50(46)52-27-17-19-29-54(52)60)57-36-37-58(56-38-44(32-35-55(56)57)42(7-3)8-4)61(47-22-10-9-11-23-47)59-39-45-20-12-14-24-49(45)51-26-16-18-28-53(51)59/h9-42H,5-8H2,1-4H3. The van der Waals surface area contributed by atoms with Crippen LogP contribution in [0.15, 0.2) is 194 Å². The van der Waals surface area contributed by atoms with Crippen molar-refractivity contribution in [2.75, 3.05) is 9.80 Å². The van der Waals surface area contributed by atoms with Crippen LogP contribution in [0.3, 0.4) is 0 Å². The zero-order valence-corrected chi connectivity index (χ0v) is 36.4. The van der Waals surface area contributed by atoms with E-state index in [-0.39, 0.29) is 0 Å². The van der Waals surface area contributed by atoms with Gasteiger partial charge in [-0.1, -0.05) is 167 Å². The Balaban J connectivity index is 1.30. The summed E-state index contributed by atoms with van der Waals surface area (Å²) in [6.07, 6.45) is 4.44. The van der Waals surface area contributed by atoms with E-state index in [1.165, 1.54) is 76.4 Å². The Bertz CT molecular complexity index is 3190. The lowest BCUT2D eigenvalue weighted by Gasteiger charge is -2.32. The molecule has 0 spiro atoms. The number of benzene rings is 10. The Kier molecular flexibility index (Phi) is 10.7. The summed E-state index contributed by atoms with van der Waals surface area (Å²) in [5, 5.41) is 12.4. The second kappa shape index (κ2) is 16.9. The van der Waals surface area contributed by atoms with Crippen molar-refractivity contribution in [2.45, 2.75) is 65.2 Å². The summed E-state index contributed by atoms with van der Waals surface area (Å²) in [5.41, 5.74) is 9.73. The van der Waals surface area contributed by atoms with Crippen molar-refractivity contribution in [2.24, 2.45) is 0 Å². The van der Waals surface area contributed by atoms with Gasteiger partial charge in [-0.2, -0.15) is 0 Å². The lowest BCUT2D eigenvalue weighted by molar-refractivity contribution is 0.642. The highest BCUT2D eigenvalue weighted by atomic mass is 15.2. The third-order valence-corrected chi connectivity index (χ3v) is 13.5. The minimum Gasteiger partial charge on any atom is -0.309 e. The van der Waals surface area contributed by atoms with Gasteiger partial charge in [0.25, 0.3) is 0 Å². The quantitative estimate of drug-likeness (QED) is 0.114. The molecule has 62 heavy (non-hydrogen) atoms. The molecule has 0 atom stereocenters. The molecular weight excluding hydrogens is 749 g/mol. The Morgan fingerprint density at radius 1 is 0.290 bits per heavy atom. The number of para-hydroxylation sites is 1. The van der Waals surface area contributed by atoms with E-state index in [0.717, 1.165) is 48.4 Å². The molecule has 0 saturated heterocycles. The molecule has 0 unspecified atom stereocenters. The van der Waals surface area contributed by atoms with Crippen LogP contribution in [0, 0.1) is 0 Å². The number of rotatable bonds is 12. The van der Waals surface area contributed by atoms with Gasteiger partial charge >= 0.3 is 0 Å². The molecule has 0 bridgehead atoms. The first-order valence-electron chi connectivity index (χ1n) is 22.7. The van der Waals surface area contributed by atoms with E-state index in [4.69, 9.17) is 0 Å². The molecule has 304 valence electrons. The summed E-state index contributed by atoms with van der Waals surface area (Å²) in [7, 11) is 0. The van der Waals surface area contributed by atoms with Crippen molar-refractivity contribution in [3.63, 3.8) is 0 Å². The molecule has 0 radical (unpaired) electrons. The lowest BCUT2D eigenvalue weighted by atomic mass is 9.90. The van der Waals surface area contributed by atoms with Crippen LogP contribution in [0.1, 0.15) is 76.3 Å². The first-order valence-corrected chi connectivity index (χ1v) is 22.7. The molecule has 10 aromatic rings. The first-order chi connectivity index (χ1) is 30.6. The zero-order chi connectivity index (χ0) is 42.2. The smallest absolute Gasteiger partial charge is 0.0546 e. The molecule has 0 fully saturated rings. The summed E-state index contributed by atoms with van der Waals surface area (Å²) >= 11 is 0. The molecule has 0 aliphatic rings. The van der Waals surface area contributed by atoms with E-state index >= 15 is 0 Å². The summed E-state index contributed by atoms with van der Waals surface area (Å²) < 4.78 is 0. The van der Waals surface area contributed by atoms with Gasteiger partial charge in [-0.25, -0.2) is 0 Å². The van der Waals surface area contributed by atoms with Gasteiger partial charge in [-0.3, -0.25) is 0 Å². The maximum Gasteiger partial charge on any atom is 0.0546 e. The van der Waals surface area contributed by atoms with Crippen molar-refractivity contribution in [1.82, 2.24) is 0 Å². The van der Waals surface area contributed by atoms with Gasteiger partial charge in [0.05, 0.1) is 22.7 Å². The third kappa shape index (κ3) is 6.85. The average molecular weight is 803 g/mol. The van der Waals surface area contributed by atoms with E-state index in [2.05, 4.69) is 232 Å². The minimum atomic E-state index is 0.459. The molecule has 2 nitrogen and oxygen atoms in total. The summed E-state index contributed by atoms with van der Waals surface area (Å²) in [6, 6.07) is 72.8. The van der Waals surface area contributed by atoms with Gasteiger partial charge in [-0.05, 0) is 136 Å². The van der Waals surface area contributed by atoms with Gasteiger partial charge in [0.2, 0.25) is 0 Å². The third-order valence-electron chi connectivity index (χ3n) is 13.5. The Morgan fingerprint density at radius 2 is 0.677 bits per heavy atom. The molecule has 0 amide bonds. The number of hydrogen-bond acceptors (Lipinski definition) is 2. The lowest BCUT2D eigenvalue weighted by Crippen LogP contribution is -2.14. The van der Waals surface area contributed by atoms with E-state index in [1.54, 1.807) is 0 Å². The fourth-order valence-corrected chi connectivity index (χ4v) is 10.2. The van der Waals surface area contributed by atoms with E-state index in [1.807, 2.05) is 0 Å². The highest BCUT2D eigenvalue weighted by Crippen LogP contribution is 2.50. The van der Waals surface area contributed by atoms with Crippen molar-refractivity contribution in [3.8, 4) is 0 Å². The van der Waals surface area contributed by atoms with E-state index < -0.39 is 0 Å². The monoisotopic (exact) mass is 802 g/mol. The molecule has 0 heterocycles. The number of hydrogen-bond donors (Lipinski definition) is 0. The topological polar surface area (TPSA) is 6.48 Å². The van der Waals surface area contributed by atoms with Crippen LogP contribution in [-0.2, 0) is 0 Å². The van der Waals surface area contributed by atoms with E-state index in [9.17, 15) is 0 Å². The fourth-order valence-electron chi connectivity index (χ4n) is 10.2. The molecule has 0 saturated carbocycles. The van der Waals surface area contributed by atoms with Crippen LogP contribution >= 0.6 is 0 Å². The number of nitrogens with zero attached hydrogens (tertiary/aromatic N) is 2. The Morgan fingerprint density at radius 3 is 1.19 bits per heavy atom. The van der Waals surface area contributed by atoms with Crippen molar-refractivity contribution in [3.05, 3.63) is 205 Å². The first kappa shape index (κ1) is 39.2. The molecular formula is C60H54N2. The summed E-state index contributed by atoms with van der Waals surface area (Å²) in [5.74, 6) is 0.999. The van der Waals surface area contributed by atoms with Crippen LogP contribution in [0.4, 0.5) is 34.1 Å². The molecule has 10 aromatic carbocycles. The number of fused-ring (bicyclic) bond motifs is 7. The molecule has 0 N–H and O–H groups in total. The average Bonchev–Trinajstić information content (AvgIpc) is 3.34. The number of anilines is 6. The Hall–Kier alpha value is -6.90. The predicted octanol–water partition coefficient (Wildman–Crippen LogP) is 18.2. The Labute approximate surface area is 366 Å². The van der Waals surface area contributed by atoms with Crippen LogP contribution in [0.2, 0.25) is 0 Å². The maximum absolute atomic E-state index is 2.53.